The molecular formula is C11H14N4OS. The van der Waals surface area contributed by atoms with Gasteiger partial charge in [-0.1, -0.05) is 0 Å². The highest BCUT2D eigenvalue weighted by Gasteiger charge is 2.16. The maximum atomic E-state index is 12.0. The van der Waals surface area contributed by atoms with Gasteiger partial charge in [-0.25, -0.2) is 0 Å². The van der Waals surface area contributed by atoms with Crippen LogP contribution >= 0.6 is 11.3 Å². The van der Waals surface area contributed by atoms with Gasteiger partial charge in [0, 0.05) is 7.05 Å². The molecule has 6 heteroatoms. The SMILES string of the molecule is Cc1nn(C)c(C)c1NC(=O)c1sccc1N. The summed E-state index contributed by atoms with van der Waals surface area (Å²) in [5.74, 6) is -0.184. The number of nitrogens with zero attached hydrogens (tertiary/aromatic N) is 2. The molecule has 5 nitrogen and oxygen atoms in total. The number of nitrogens with two attached hydrogens (primary N) is 1. The molecule has 2 heterocycles. The van der Waals surface area contributed by atoms with Gasteiger partial charge in [-0.15, -0.1) is 11.3 Å². The van der Waals surface area contributed by atoms with Crippen LogP contribution in [0.15, 0.2) is 11.4 Å². The second-order valence-corrected chi connectivity index (χ2v) is 4.74. The van der Waals surface area contributed by atoms with Crippen molar-refractivity contribution in [3.05, 3.63) is 27.7 Å². The maximum Gasteiger partial charge on any atom is 0.267 e. The lowest BCUT2D eigenvalue weighted by molar-refractivity contribution is 0.103. The van der Waals surface area contributed by atoms with Crippen molar-refractivity contribution in [1.29, 1.82) is 0 Å². The quantitative estimate of drug-likeness (QED) is 0.855. The molecule has 0 saturated carbocycles. The first-order chi connectivity index (χ1) is 8.00. The van der Waals surface area contributed by atoms with E-state index in [0.717, 1.165) is 17.1 Å². The van der Waals surface area contributed by atoms with Crippen LogP contribution in [0.2, 0.25) is 0 Å². The molecule has 1 amide bonds. The highest BCUT2D eigenvalue weighted by atomic mass is 32.1. The summed E-state index contributed by atoms with van der Waals surface area (Å²) in [4.78, 5) is 12.5. The van der Waals surface area contributed by atoms with Crippen LogP contribution in [-0.2, 0) is 7.05 Å². The van der Waals surface area contributed by atoms with Crippen LogP contribution in [-0.4, -0.2) is 15.7 Å². The zero-order valence-electron chi connectivity index (χ0n) is 9.94. The predicted molar refractivity (Wildman–Crippen MR) is 69.4 cm³/mol. The van der Waals surface area contributed by atoms with Crippen LogP contribution in [0, 0.1) is 13.8 Å². The van der Waals surface area contributed by atoms with Gasteiger partial charge in [-0.05, 0) is 25.3 Å². The van der Waals surface area contributed by atoms with Crippen molar-refractivity contribution in [2.24, 2.45) is 7.05 Å². The molecule has 0 aromatic carbocycles. The van der Waals surface area contributed by atoms with Crippen LogP contribution in [0.4, 0.5) is 11.4 Å². The monoisotopic (exact) mass is 250 g/mol. The summed E-state index contributed by atoms with van der Waals surface area (Å²) in [5, 5.41) is 8.89. The fraction of sp³-hybridized carbons (Fsp3) is 0.273. The van der Waals surface area contributed by atoms with Gasteiger partial charge in [0.25, 0.3) is 5.91 Å². The molecule has 0 unspecified atom stereocenters. The van der Waals surface area contributed by atoms with Crippen LogP contribution in [0.3, 0.4) is 0 Å². The number of hydrogen-bond acceptors (Lipinski definition) is 4. The van der Waals surface area contributed by atoms with Gasteiger partial charge >= 0.3 is 0 Å². The van der Waals surface area contributed by atoms with Crippen molar-refractivity contribution < 1.29 is 4.79 Å². The number of nitrogen functional groups attached to an aromatic ring is 1. The molecule has 0 radical (unpaired) electrons. The Morgan fingerprint density at radius 3 is 2.71 bits per heavy atom. The number of amides is 1. The topological polar surface area (TPSA) is 72.9 Å². The maximum absolute atomic E-state index is 12.0. The van der Waals surface area contributed by atoms with E-state index < -0.39 is 0 Å². The third-order valence-electron chi connectivity index (χ3n) is 2.65. The summed E-state index contributed by atoms with van der Waals surface area (Å²) in [6, 6.07) is 1.72. The smallest absolute Gasteiger partial charge is 0.267 e. The minimum Gasteiger partial charge on any atom is -0.397 e. The van der Waals surface area contributed by atoms with Gasteiger partial charge in [-0.3, -0.25) is 9.48 Å². The normalized spacial score (nSPS) is 10.5. The van der Waals surface area contributed by atoms with E-state index in [1.54, 1.807) is 16.1 Å². The number of rotatable bonds is 2. The number of carbonyl (C=O) groups excluding carboxylic acids is 1. The molecule has 3 N–H and O–H groups in total. The molecular weight excluding hydrogens is 236 g/mol. The van der Waals surface area contributed by atoms with Crippen molar-refractivity contribution in [3.8, 4) is 0 Å². The molecule has 17 heavy (non-hydrogen) atoms. The Morgan fingerprint density at radius 1 is 1.53 bits per heavy atom. The van der Waals surface area contributed by atoms with Gasteiger partial charge < -0.3 is 11.1 Å². The number of anilines is 2. The first kappa shape index (κ1) is 11.7. The van der Waals surface area contributed by atoms with Gasteiger partial charge in [-0.2, -0.15) is 5.10 Å². The number of aryl methyl sites for hydroxylation is 2. The van der Waals surface area contributed by atoms with E-state index in [9.17, 15) is 4.79 Å². The Balaban J connectivity index is 2.28. The average Bonchev–Trinajstić information content (AvgIpc) is 2.78. The molecule has 0 aliphatic heterocycles. The molecule has 0 atom stereocenters. The molecule has 0 bridgehead atoms. The number of carbonyl (C=O) groups is 1. The van der Waals surface area contributed by atoms with Gasteiger partial charge in [0.05, 0.1) is 22.8 Å². The number of hydrogen-bond donors (Lipinski definition) is 2. The number of aromatic nitrogens is 2. The minimum atomic E-state index is -0.184. The Morgan fingerprint density at radius 2 is 2.24 bits per heavy atom. The van der Waals surface area contributed by atoms with Crippen molar-refractivity contribution in [2.45, 2.75) is 13.8 Å². The molecule has 0 aliphatic rings. The molecule has 2 aromatic heterocycles. The van der Waals surface area contributed by atoms with E-state index in [2.05, 4.69) is 10.4 Å². The van der Waals surface area contributed by atoms with Gasteiger partial charge in [0.2, 0.25) is 0 Å². The summed E-state index contributed by atoms with van der Waals surface area (Å²) in [7, 11) is 1.84. The lowest BCUT2D eigenvalue weighted by Crippen LogP contribution is -2.13. The molecule has 0 aliphatic carbocycles. The average molecular weight is 250 g/mol. The van der Waals surface area contributed by atoms with E-state index in [-0.39, 0.29) is 5.91 Å². The number of nitrogens with one attached hydrogen (secondary N) is 1. The summed E-state index contributed by atoms with van der Waals surface area (Å²) < 4.78 is 1.74. The first-order valence-electron chi connectivity index (χ1n) is 5.15. The molecule has 0 saturated heterocycles. The largest absolute Gasteiger partial charge is 0.397 e. The van der Waals surface area contributed by atoms with Crippen molar-refractivity contribution in [1.82, 2.24) is 9.78 Å². The molecule has 0 spiro atoms. The summed E-state index contributed by atoms with van der Waals surface area (Å²) in [6.45, 7) is 3.77. The van der Waals surface area contributed by atoms with Crippen molar-refractivity contribution in [2.75, 3.05) is 11.1 Å². The van der Waals surface area contributed by atoms with Crippen LogP contribution in [0.5, 0.6) is 0 Å². The van der Waals surface area contributed by atoms with E-state index in [0.29, 0.717) is 10.6 Å². The van der Waals surface area contributed by atoms with E-state index in [1.165, 1.54) is 11.3 Å². The Kier molecular flexibility index (Phi) is 2.89. The minimum absolute atomic E-state index is 0.184. The molecule has 2 aromatic rings. The van der Waals surface area contributed by atoms with E-state index in [4.69, 9.17) is 5.73 Å². The van der Waals surface area contributed by atoms with Gasteiger partial charge in [0.15, 0.2) is 0 Å². The predicted octanol–water partition coefficient (Wildman–Crippen LogP) is 1.93. The van der Waals surface area contributed by atoms with E-state index >= 15 is 0 Å². The van der Waals surface area contributed by atoms with Crippen molar-refractivity contribution >= 4 is 28.6 Å². The Bertz CT molecular complexity index is 570. The molecule has 2 rings (SSSR count). The van der Waals surface area contributed by atoms with Crippen LogP contribution in [0.1, 0.15) is 21.1 Å². The zero-order valence-corrected chi connectivity index (χ0v) is 10.8. The highest BCUT2D eigenvalue weighted by molar-refractivity contribution is 7.12. The first-order valence-corrected chi connectivity index (χ1v) is 6.03. The lowest BCUT2D eigenvalue weighted by atomic mass is 10.3. The summed E-state index contributed by atoms with van der Waals surface area (Å²) in [6.07, 6.45) is 0. The second kappa shape index (κ2) is 4.21. The number of thiophene rings is 1. The van der Waals surface area contributed by atoms with Crippen LogP contribution in [0.25, 0.3) is 0 Å². The Labute approximate surface area is 103 Å². The second-order valence-electron chi connectivity index (χ2n) is 3.83. The molecule has 90 valence electrons. The third kappa shape index (κ3) is 2.03. The summed E-state index contributed by atoms with van der Waals surface area (Å²) in [5.41, 5.74) is 8.69. The molecule has 0 fully saturated rings. The van der Waals surface area contributed by atoms with Crippen LogP contribution < -0.4 is 11.1 Å². The third-order valence-corrected chi connectivity index (χ3v) is 3.58. The fourth-order valence-corrected chi connectivity index (χ4v) is 2.34. The highest BCUT2D eigenvalue weighted by Crippen LogP contribution is 2.23. The standard InChI is InChI=1S/C11H14N4OS/c1-6-9(7(2)15(3)14-6)13-11(16)10-8(12)4-5-17-10/h4-5H,12H2,1-3H3,(H,13,16). The lowest BCUT2D eigenvalue weighted by Gasteiger charge is -2.04. The van der Waals surface area contributed by atoms with Gasteiger partial charge in [0.1, 0.15) is 4.88 Å². The zero-order chi connectivity index (χ0) is 12.6. The fourth-order valence-electron chi connectivity index (χ4n) is 1.63. The van der Waals surface area contributed by atoms with E-state index in [1.807, 2.05) is 20.9 Å². The summed E-state index contributed by atoms with van der Waals surface area (Å²) >= 11 is 1.33. The van der Waals surface area contributed by atoms with Crippen molar-refractivity contribution in [3.63, 3.8) is 0 Å². The Hall–Kier alpha value is -1.82.